The van der Waals surface area contributed by atoms with Crippen LogP contribution in [-0.4, -0.2) is 13.7 Å². The van der Waals surface area contributed by atoms with Crippen molar-refractivity contribution >= 4 is 11.6 Å². The molecule has 0 amide bonds. The smallest absolute Gasteiger partial charge is 0.119 e. The second-order valence-corrected chi connectivity index (χ2v) is 5.55. The van der Waals surface area contributed by atoms with Crippen LogP contribution in [0.2, 0.25) is 5.02 Å². The van der Waals surface area contributed by atoms with Crippen LogP contribution < -0.4 is 10.1 Å². The van der Waals surface area contributed by atoms with Crippen molar-refractivity contribution < 1.29 is 4.74 Å². The fourth-order valence-corrected chi connectivity index (χ4v) is 2.72. The number of halogens is 1. The molecular formula is C18H22ClNO. The van der Waals surface area contributed by atoms with E-state index in [1.165, 1.54) is 11.1 Å². The summed E-state index contributed by atoms with van der Waals surface area (Å²) in [5, 5.41) is 4.19. The van der Waals surface area contributed by atoms with Crippen LogP contribution >= 0.6 is 11.6 Å². The van der Waals surface area contributed by atoms with Gasteiger partial charge in [-0.25, -0.2) is 0 Å². The van der Waals surface area contributed by atoms with Crippen LogP contribution in [0, 0.1) is 6.92 Å². The van der Waals surface area contributed by atoms with Crippen LogP contribution in [0.15, 0.2) is 42.5 Å². The maximum atomic E-state index is 6.35. The summed E-state index contributed by atoms with van der Waals surface area (Å²) in [4.78, 5) is 0. The van der Waals surface area contributed by atoms with E-state index in [1.807, 2.05) is 32.2 Å². The van der Waals surface area contributed by atoms with Crippen LogP contribution in [-0.2, 0) is 6.42 Å². The lowest BCUT2D eigenvalue weighted by molar-refractivity contribution is 0.339. The summed E-state index contributed by atoms with van der Waals surface area (Å²) >= 11 is 6.35. The number of hydrogen-bond acceptors (Lipinski definition) is 2. The van der Waals surface area contributed by atoms with Crippen LogP contribution in [0.4, 0.5) is 0 Å². The minimum Gasteiger partial charge on any atom is -0.494 e. The van der Waals surface area contributed by atoms with Crippen molar-refractivity contribution in [1.82, 2.24) is 5.32 Å². The van der Waals surface area contributed by atoms with Gasteiger partial charge in [-0.2, -0.15) is 0 Å². The van der Waals surface area contributed by atoms with Gasteiger partial charge in [-0.3, -0.25) is 0 Å². The van der Waals surface area contributed by atoms with Crippen molar-refractivity contribution in [2.45, 2.75) is 26.3 Å². The van der Waals surface area contributed by atoms with Gasteiger partial charge in [0.05, 0.1) is 6.61 Å². The molecule has 21 heavy (non-hydrogen) atoms. The van der Waals surface area contributed by atoms with E-state index in [0.29, 0.717) is 6.61 Å². The Morgan fingerprint density at radius 2 is 2.00 bits per heavy atom. The molecule has 1 N–H and O–H groups in total. The molecule has 0 spiro atoms. The Morgan fingerprint density at radius 1 is 1.19 bits per heavy atom. The van der Waals surface area contributed by atoms with E-state index in [0.717, 1.165) is 22.8 Å². The largest absolute Gasteiger partial charge is 0.494 e. The Labute approximate surface area is 132 Å². The monoisotopic (exact) mass is 303 g/mol. The van der Waals surface area contributed by atoms with E-state index in [1.54, 1.807) is 0 Å². The van der Waals surface area contributed by atoms with Crippen molar-refractivity contribution in [1.29, 1.82) is 0 Å². The molecule has 0 aliphatic rings. The summed E-state index contributed by atoms with van der Waals surface area (Å²) in [6, 6.07) is 14.7. The first-order valence-corrected chi connectivity index (χ1v) is 7.67. The molecular weight excluding hydrogens is 282 g/mol. The lowest BCUT2D eigenvalue weighted by Gasteiger charge is -2.18. The van der Waals surface area contributed by atoms with Crippen LogP contribution in [0.25, 0.3) is 0 Å². The van der Waals surface area contributed by atoms with Gasteiger partial charge in [0.2, 0.25) is 0 Å². The molecule has 0 radical (unpaired) electrons. The van der Waals surface area contributed by atoms with Gasteiger partial charge in [-0.15, -0.1) is 0 Å². The molecule has 0 aromatic heterocycles. The van der Waals surface area contributed by atoms with Crippen molar-refractivity contribution in [3.05, 3.63) is 64.2 Å². The van der Waals surface area contributed by atoms with Gasteiger partial charge >= 0.3 is 0 Å². The van der Waals surface area contributed by atoms with Gasteiger partial charge in [-0.1, -0.05) is 35.9 Å². The highest BCUT2D eigenvalue weighted by Gasteiger charge is 2.13. The van der Waals surface area contributed by atoms with E-state index in [2.05, 4.69) is 36.5 Å². The minimum absolute atomic E-state index is 0.214. The third-order valence-corrected chi connectivity index (χ3v) is 3.90. The molecule has 1 unspecified atom stereocenters. The van der Waals surface area contributed by atoms with Gasteiger partial charge in [0.1, 0.15) is 5.75 Å². The fraction of sp³-hybridized carbons (Fsp3) is 0.333. The minimum atomic E-state index is 0.214. The Morgan fingerprint density at radius 3 is 2.67 bits per heavy atom. The average molecular weight is 304 g/mol. The first kappa shape index (κ1) is 15.9. The molecule has 0 aliphatic carbocycles. The van der Waals surface area contributed by atoms with Crippen molar-refractivity contribution in [2.75, 3.05) is 13.7 Å². The lowest BCUT2D eigenvalue weighted by atomic mass is 9.98. The summed E-state index contributed by atoms with van der Waals surface area (Å²) in [7, 11) is 1.97. The second kappa shape index (κ2) is 7.48. The molecule has 0 saturated carbocycles. The zero-order valence-electron chi connectivity index (χ0n) is 12.8. The molecule has 0 saturated heterocycles. The highest BCUT2D eigenvalue weighted by molar-refractivity contribution is 6.31. The van der Waals surface area contributed by atoms with Gasteiger partial charge in [-0.05, 0) is 62.2 Å². The standard InChI is InChI=1S/C18H22ClNO/c1-4-21-16-7-5-6-15(11-16)18(20-3)12-14-9-8-13(2)10-17(14)19/h5-11,18,20H,4,12H2,1-3H3. The Kier molecular flexibility index (Phi) is 5.66. The lowest BCUT2D eigenvalue weighted by Crippen LogP contribution is -2.19. The zero-order valence-corrected chi connectivity index (χ0v) is 13.6. The number of rotatable bonds is 6. The van der Waals surface area contributed by atoms with Gasteiger partial charge in [0.25, 0.3) is 0 Å². The highest BCUT2D eigenvalue weighted by atomic mass is 35.5. The third kappa shape index (κ3) is 4.23. The summed E-state index contributed by atoms with van der Waals surface area (Å²) < 4.78 is 5.58. The van der Waals surface area contributed by atoms with Crippen molar-refractivity contribution in [2.24, 2.45) is 0 Å². The molecule has 2 aromatic carbocycles. The molecule has 0 fully saturated rings. The van der Waals surface area contributed by atoms with E-state index < -0.39 is 0 Å². The molecule has 112 valence electrons. The van der Waals surface area contributed by atoms with E-state index in [-0.39, 0.29) is 6.04 Å². The zero-order chi connectivity index (χ0) is 15.2. The number of benzene rings is 2. The van der Waals surface area contributed by atoms with Crippen LogP contribution in [0.3, 0.4) is 0 Å². The molecule has 0 heterocycles. The number of aryl methyl sites for hydroxylation is 1. The second-order valence-electron chi connectivity index (χ2n) is 5.15. The number of likely N-dealkylation sites (N-methyl/N-ethyl adjacent to an activating group) is 1. The van der Waals surface area contributed by atoms with E-state index >= 15 is 0 Å². The van der Waals surface area contributed by atoms with Gasteiger partial charge < -0.3 is 10.1 Å². The maximum Gasteiger partial charge on any atom is 0.119 e. The van der Waals surface area contributed by atoms with Crippen molar-refractivity contribution in [3.63, 3.8) is 0 Å². The summed E-state index contributed by atoms with van der Waals surface area (Å²) in [6.07, 6.45) is 0.852. The molecule has 3 heteroatoms. The van der Waals surface area contributed by atoms with E-state index in [4.69, 9.17) is 16.3 Å². The normalized spacial score (nSPS) is 12.2. The van der Waals surface area contributed by atoms with Crippen LogP contribution in [0.5, 0.6) is 5.75 Å². The first-order chi connectivity index (χ1) is 10.1. The Bertz CT molecular complexity index is 598. The summed E-state index contributed by atoms with van der Waals surface area (Å²) in [5.41, 5.74) is 3.55. The summed E-state index contributed by atoms with van der Waals surface area (Å²) in [6.45, 7) is 4.72. The van der Waals surface area contributed by atoms with Crippen molar-refractivity contribution in [3.8, 4) is 5.75 Å². The Balaban J connectivity index is 2.21. The van der Waals surface area contributed by atoms with Crippen LogP contribution in [0.1, 0.15) is 29.7 Å². The third-order valence-electron chi connectivity index (χ3n) is 3.55. The molecule has 1 atom stereocenters. The van der Waals surface area contributed by atoms with Gasteiger partial charge in [0.15, 0.2) is 0 Å². The highest BCUT2D eigenvalue weighted by Crippen LogP contribution is 2.26. The van der Waals surface area contributed by atoms with Gasteiger partial charge in [0, 0.05) is 11.1 Å². The molecule has 0 bridgehead atoms. The number of ether oxygens (including phenoxy) is 1. The first-order valence-electron chi connectivity index (χ1n) is 7.29. The Hall–Kier alpha value is -1.51. The predicted octanol–water partition coefficient (Wildman–Crippen LogP) is 4.55. The molecule has 0 aliphatic heterocycles. The topological polar surface area (TPSA) is 21.3 Å². The molecule has 2 nitrogen and oxygen atoms in total. The predicted molar refractivity (Wildman–Crippen MR) is 89.3 cm³/mol. The summed E-state index contributed by atoms with van der Waals surface area (Å²) in [5.74, 6) is 0.908. The quantitative estimate of drug-likeness (QED) is 0.845. The number of hydrogen-bond donors (Lipinski definition) is 1. The van der Waals surface area contributed by atoms with E-state index in [9.17, 15) is 0 Å². The molecule has 2 rings (SSSR count). The fourth-order valence-electron chi connectivity index (χ4n) is 2.41. The SMILES string of the molecule is CCOc1cccc(C(Cc2ccc(C)cc2Cl)NC)c1. The number of nitrogens with one attached hydrogen (secondary N) is 1. The molecule has 2 aromatic rings. The average Bonchev–Trinajstić information content (AvgIpc) is 2.47. The maximum absolute atomic E-state index is 6.35.